The second-order valence-corrected chi connectivity index (χ2v) is 9.77. The Morgan fingerprint density at radius 2 is 1.92 bits per heavy atom. The Morgan fingerprint density at radius 1 is 1.13 bits per heavy atom. The summed E-state index contributed by atoms with van der Waals surface area (Å²) in [5.41, 5.74) is 5.35. The zero-order valence-corrected chi connectivity index (χ0v) is 22.1. The SMILES string of the molecule is COC(=O)c1cccc2c1CN(C(=O)c1cc3[nH]c(=O)c4cnc(C5CCOCC5)n4c3cc1C)CC2.Cl. The molecule has 4 aromatic rings. The maximum Gasteiger partial charge on any atom is 0.338 e. The number of nitrogens with zero attached hydrogens (tertiary/aromatic N) is 3. The van der Waals surface area contributed by atoms with Crippen LogP contribution in [0.3, 0.4) is 0 Å². The number of aromatic nitrogens is 3. The van der Waals surface area contributed by atoms with Gasteiger partial charge in [0.05, 0.1) is 29.9 Å². The molecule has 0 spiro atoms. The van der Waals surface area contributed by atoms with Crippen LogP contribution in [0.5, 0.6) is 0 Å². The van der Waals surface area contributed by atoms with Crippen molar-refractivity contribution in [2.45, 2.75) is 38.6 Å². The highest BCUT2D eigenvalue weighted by Crippen LogP contribution is 2.30. The van der Waals surface area contributed by atoms with Crippen LogP contribution in [0.15, 0.2) is 41.3 Å². The quantitative estimate of drug-likeness (QED) is 0.399. The molecule has 1 amide bonds. The van der Waals surface area contributed by atoms with Crippen LogP contribution >= 0.6 is 12.4 Å². The number of hydrogen-bond donors (Lipinski definition) is 1. The smallest absolute Gasteiger partial charge is 0.338 e. The third kappa shape index (κ3) is 4.25. The van der Waals surface area contributed by atoms with Gasteiger partial charge < -0.3 is 19.4 Å². The molecule has 38 heavy (non-hydrogen) atoms. The number of aromatic amines is 1. The van der Waals surface area contributed by atoms with E-state index in [1.165, 1.54) is 7.11 Å². The van der Waals surface area contributed by atoms with E-state index in [1.807, 2.05) is 29.5 Å². The van der Waals surface area contributed by atoms with E-state index in [0.29, 0.717) is 54.9 Å². The molecule has 0 bridgehead atoms. The number of rotatable bonds is 3. The van der Waals surface area contributed by atoms with E-state index in [-0.39, 0.29) is 29.8 Å². The Kier molecular flexibility index (Phi) is 6.98. The number of carbonyl (C=O) groups is 2. The van der Waals surface area contributed by atoms with Gasteiger partial charge in [-0.05, 0) is 61.1 Å². The third-order valence-electron chi connectivity index (χ3n) is 7.64. The van der Waals surface area contributed by atoms with Gasteiger partial charge in [0.15, 0.2) is 0 Å². The van der Waals surface area contributed by atoms with Gasteiger partial charge in [0.2, 0.25) is 0 Å². The minimum absolute atomic E-state index is 0. The van der Waals surface area contributed by atoms with Crippen molar-refractivity contribution in [3.8, 4) is 0 Å². The van der Waals surface area contributed by atoms with Gasteiger partial charge in [0.1, 0.15) is 11.3 Å². The number of methoxy groups -OCH3 is 1. The normalized spacial score (nSPS) is 15.8. The lowest BCUT2D eigenvalue weighted by atomic mass is 9.94. The number of imidazole rings is 1. The first-order valence-electron chi connectivity index (χ1n) is 12.6. The minimum Gasteiger partial charge on any atom is -0.465 e. The van der Waals surface area contributed by atoms with E-state index >= 15 is 0 Å². The predicted molar refractivity (Wildman–Crippen MR) is 144 cm³/mol. The second kappa shape index (κ2) is 10.2. The van der Waals surface area contributed by atoms with E-state index in [4.69, 9.17) is 9.47 Å². The second-order valence-electron chi connectivity index (χ2n) is 9.77. The fourth-order valence-electron chi connectivity index (χ4n) is 5.64. The summed E-state index contributed by atoms with van der Waals surface area (Å²) in [7, 11) is 1.36. The first kappa shape index (κ1) is 25.9. The molecule has 0 atom stereocenters. The van der Waals surface area contributed by atoms with Crippen LogP contribution in [0.25, 0.3) is 16.6 Å². The van der Waals surface area contributed by atoms with Gasteiger partial charge in [0, 0.05) is 37.8 Å². The average Bonchev–Trinajstić information content (AvgIpc) is 3.38. The summed E-state index contributed by atoms with van der Waals surface area (Å²) >= 11 is 0. The largest absolute Gasteiger partial charge is 0.465 e. The van der Waals surface area contributed by atoms with Crippen LogP contribution in [0.2, 0.25) is 0 Å². The summed E-state index contributed by atoms with van der Waals surface area (Å²) in [6.07, 6.45) is 3.99. The van der Waals surface area contributed by atoms with Gasteiger partial charge in [-0.25, -0.2) is 9.78 Å². The van der Waals surface area contributed by atoms with Gasteiger partial charge >= 0.3 is 5.97 Å². The van der Waals surface area contributed by atoms with E-state index in [2.05, 4.69) is 9.97 Å². The highest BCUT2D eigenvalue weighted by molar-refractivity contribution is 5.99. The molecule has 9 nitrogen and oxygen atoms in total. The zero-order chi connectivity index (χ0) is 25.7. The van der Waals surface area contributed by atoms with Crippen LogP contribution < -0.4 is 5.56 Å². The van der Waals surface area contributed by atoms with Crippen molar-refractivity contribution in [3.63, 3.8) is 0 Å². The monoisotopic (exact) mass is 536 g/mol. The van der Waals surface area contributed by atoms with Gasteiger partial charge in [-0.2, -0.15) is 0 Å². The molecule has 2 aliphatic heterocycles. The Bertz CT molecular complexity index is 1620. The summed E-state index contributed by atoms with van der Waals surface area (Å²) in [5, 5.41) is 0. The predicted octanol–water partition coefficient (Wildman–Crippen LogP) is 3.79. The summed E-state index contributed by atoms with van der Waals surface area (Å²) < 4.78 is 12.4. The number of hydrogen-bond acceptors (Lipinski definition) is 6. The van der Waals surface area contributed by atoms with Gasteiger partial charge in [-0.1, -0.05) is 12.1 Å². The molecule has 6 rings (SSSR count). The van der Waals surface area contributed by atoms with Gasteiger partial charge in [-0.15, -0.1) is 12.4 Å². The molecule has 10 heteroatoms. The van der Waals surface area contributed by atoms with Crippen molar-refractivity contribution in [3.05, 3.63) is 80.5 Å². The number of ether oxygens (including phenoxy) is 2. The van der Waals surface area contributed by atoms with E-state index in [1.54, 1.807) is 23.2 Å². The molecule has 2 aliphatic rings. The summed E-state index contributed by atoms with van der Waals surface area (Å²) in [6, 6.07) is 9.29. The maximum atomic E-state index is 13.7. The molecule has 0 unspecified atom stereocenters. The topological polar surface area (TPSA) is 106 Å². The zero-order valence-electron chi connectivity index (χ0n) is 21.3. The molecule has 2 aromatic carbocycles. The fourth-order valence-corrected chi connectivity index (χ4v) is 5.64. The van der Waals surface area contributed by atoms with Gasteiger partial charge in [-0.3, -0.25) is 14.0 Å². The number of benzene rings is 2. The summed E-state index contributed by atoms with van der Waals surface area (Å²) in [5.74, 6) is 0.521. The van der Waals surface area contributed by atoms with Crippen molar-refractivity contribution >= 4 is 40.8 Å². The number of carbonyl (C=O) groups excluding carboxylic acids is 2. The number of halogens is 1. The molecule has 1 fully saturated rings. The first-order chi connectivity index (χ1) is 18.0. The van der Waals surface area contributed by atoms with E-state index in [0.717, 1.165) is 40.9 Å². The number of amides is 1. The lowest BCUT2D eigenvalue weighted by Crippen LogP contribution is -2.37. The van der Waals surface area contributed by atoms with Gasteiger partial charge in [0.25, 0.3) is 11.5 Å². The van der Waals surface area contributed by atoms with Crippen LogP contribution in [0.4, 0.5) is 0 Å². The molecular weight excluding hydrogens is 508 g/mol. The number of fused-ring (bicyclic) bond motifs is 4. The third-order valence-corrected chi connectivity index (χ3v) is 7.64. The molecule has 0 radical (unpaired) electrons. The highest BCUT2D eigenvalue weighted by atomic mass is 35.5. The van der Waals surface area contributed by atoms with Crippen molar-refractivity contribution in [2.75, 3.05) is 26.9 Å². The molecule has 1 N–H and O–H groups in total. The molecule has 198 valence electrons. The maximum absolute atomic E-state index is 13.7. The van der Waals surface area contributed by atoms with Crippen LogP contribution in [-0.4, -0.2) is 58.0 Å². The summed E-state index contributed by atoms with van der Waals surface area (Å²) in [6.45, 7) is 4.12. The van der Waals surface area contributed by atoms with Crippen LogP contribution in [0.1, 0.15) is 62.0 Å². The number of esters is 1. The Balaban J connectivity index is 0.00000294. The molecular formula is C28H29ClN4O5. The minimum atomic E-state index is -0.407. The first-order valence-corrected chi connectivity index (χ1v) is 12.6. The van der Waals surface area contributed by atoms with Crippen molar-refractivity contribution in [1.82, 2.24) is 19.3 Å². The van der Waals surface area contributed by atoms with Crippen LogP contribution in [-0.2, 0) is 22.4 Å². The Labute approximate surface area is 225 Å². The lowest BCUT2D eigenvalue weighted by Gasteiger charge is -2.30. The Morgan fingerprint density at radius 3 is 2.68 bits per heavy atom. The highest BCUT2D eigenvalue weighted by Gasteiger charge is 2.28. The van der Waals surface area contributed by atoms with Crippen molar-refractivity contribution in [2.24, 2.45) is 0 Å². The van der Waals surface area contributed by atoms with Crippen molar-refractivity contribution in [1.29, 1.82) is 0 Å². The molecule has 1 saturated heterocycles. The average molecular weight is 537 g/mol. The molecule has 2 aromatic heterocycles. The van der Waals surface area contributed by atoms with E-state index < -0.39 is 5.97 Å². The van der Waals surface area contributed by atoms with Crippen molar-refractivity contribution < 1.29 is 19.1 Å². The molecule has 0 saturated carbocycles. The van der Waals surface area contributed by atoms with E-state index in [9.17, 15) is 14.4 Å². The summed E-state index contributed by atoms with van der Waals surface area (Å²) in [4.78, 5) is 48.3. The fraction of sp³-hybridized carbons (Fsp3) is 0.357. The Hall–Kier alpha value is -3.69. The molecule has 0 aliphatic carbocycles. The number of H-pyrrole nitrogens is 1. The number of aryl methyl sites for hydroxylation is 1. The van der Waals surface area contributed by atoms with Crippen LogP contribution in [0, 0.1) is 6.92 Å². The standard InChI is InChI=1S/C28H28N4O5.ClH/c1-16-12-23-22(30-26(33)24-14-29-25(32(23)24)18-7-10-37-11-8-18)13-20(16)27(34)31-9-6-17-4-3-5-19(21(17)15-31)28(35)36-2;/h3-5,12-14,18H,6-11,15H2,1-2H3,(H,30,33);1H. The molecule has 4 heterocycles. The number of nitrogens with one attached hydrogen (secondary N) is 1. The lowest BCUT2D eigenvalue weighted by molar-refractivity contribution is 0.0592.